The molecule has 0 saturated heterocycles. The summed E-state index contributed by atoms with van der Waals surface area (Å²) in [7, 11) is 0. The Morgan fingerprint density at radius 3 is 2.30 bits per heavy atom. The molecule has 0 radical (unpaired) electrons. The van der Waals surface area contributed by atoms with Crippen molar-refractivity contribution < 1.29 is 21.2 Å². The molecule has 0 nitrogen and oxygen atoms in total. The van der Waals surface area contributed by atoms with Crippen LogP contribution in [0.25, 0.3) is 0 Å². The number of aryl methyl sites for hydroxylation is 1. The van der Waals surface area contributed by atoms with Gasteiger partial charge in [-0.1, -0.05) is 0 Å². The molecule has 0 N–H and O–H groups in total. The van der Waals surface area contributed by atoms with E-state index in [9.17, 15) is 0 Å². The first kappa shape index (κ1) is 8.05. The molecule has 0 spiro atoms. The molecule has 10 heavy (non-hydrogen) atoms. The topological polar surface area (TPSA) is 0 Å². The fourth-order valence-electron chi connectivity index (χ4n) is 0.777. The molecule has 0 amide bonds. The molecular formula is C9H12I-. The van der Waals surface area contributed by atoms with E-state index in [1.54, 1.807) is 3.57 Å². The zero-order valence-electron chi connectivity index (χ0n) is 6.39. The fraction of sp³-hybridized carbons (Fsp3) is 0.333. The predicted molar refractivity (Wildman–Crippen MR) is 40.4 cm³/mol. The molecule has 0 aliphatic carbocycles. The first-order chi connectivity index (χ1) is 4.83. The summed E-state index contributed by atoms with van der Waals surface area (Å²) in [5, 5.41) is 0. The van der Waals surface area contributed by atoms with E-state index in [0.29, 0.717) is 21.2 Å². The van der Waals surface area contributed by atoms with Crippen LogP contribution in [0.5, 0.6) is 0 Å². The minimum absolute atomic E-state index is 0.317. The van der Waals surface area contributed by atoms with Crippen LogP contribution >= 0.6 is 0 Å². The van der Waals surface area contributed by atoms with E-state index in [2.05, 4.69) is 38.1 Å². The zero-order valence-corrected chi connectivity index (χ0v) is 8.55. The third kappa shape index (κ3) is 2.29. The summed E-state index contributed by atoms with van der Waals surface area (Å²) in [6.45, 7) is 4.39. The van der Waals surface area contributed by atoms with Crippen LogP contribution in [0.2, 0.25) is 0 Å². The van der Waals surface area contributed by atoms with Crippen molar-refractivity contribution >= 4 is 0 Å². The van der Waals surface area contributed by atoms with E-state index < -0.39 is 0 Å². The quantitative estimate of drug-likeness (QED) is 0.477. The number of rotatable bonds is 2. The molecule has 0 bridgehead atoms. The van der Waals surface area contributed by atoms with E-state index in [0.717, 1.165) is 0 Å². The van der Waals surface area contributed by atoms with Crippen molar-refractivity contribution in [2.24, 2.45) is 0 Å². The van der Waals surface area contributed by atoms with Crippen molar-refractivity contribution in [2.45, 2.75) is 13.8 Å². The van der Waals surface area contributed by atoms with Crippen LogP contribution in [-0.4, -0.2) is 4.43 Å². The van der Waals surface area contributed by atoms with Crippen molar-refractivity contribution in [2.75, 3.05) is 4.43 Å². The monoisotopic (exact) mass is 247 g/mol. The van der Waals surface area contributed by atoms with Crippen LogP contribution in [0.1, 0.15) is 12.5 Å². The van der Waals surface area contributed by atoms with Gasteiger partial charge in [0.25, 0.3) is 0 Å². The predicted octanol–water partition coefficient (Wildman–Crippen LogP) is -0.726. The van der Waals surface area contributed by atoms with Gasteiger partial charge in [0.05, 0.1) is 0 Å². The Morgan fingerprint density at radius 1 is 1.20 bits per heavy atom. The molecule has 0 saturated carbocycles. The van der Waals surface area contributed by atoms with Crippen molar-refractivity contribution in [3.8, 4) is 0 Å². The number of hydrogen-bond acceptors (Lipinski definition) is 0. The number of alkyl halides is 1. The van der Waals surface area contributed by atoms with Gasteiger partial charge in [0.1, 0.15) is 0 Å². The van der Waals surface area contributed by atoms with Gasteiger partial charge in [-0.05, 0) is 0 Å². The van der Waals surface area contributed by atoms with Gasteiger partial charge in [0.15, 0.2) is 0 Å². The second-order valence-electron chi connectivity index (χ2n) is 2.20. The molecule has 0 aliphatic heterocycles. The van der Waals surface area contributed by atoms with E-state index in [-0.39, 0.29) is 0 Å². The Labute approximate surface area is 72.9 Å². The molecular weight excluding hydrogens is 235 g/mol. The Morgan fingerprint density at radius 2 is 1.80 bits per heavy atom. The second-order valence-corrected chi connectivity index (χ2v) is 5.73. The van der Waals surface area contributed by atoms with Crippen LogP contribution in [0.4, 0.5) is 0 Å². The summed E-state index contributed by atoms with van der Waals surface area (Å²) in [5.41, 5.74) is 1.36. The molecule has 1 rings (SSSR count). The Hall–Kier alpha value is -0.0500. The summed E-state index contributed by atoms with van der Waals surface area (Å²) < 4.78 is 2.91. The van der Waals surface area contributed by atoms with Crippen LogP contribution in [0, 0.1) is 10.5 Å². The van der Waals surface area contributed by atoms with Crippen LogP contribution in [0.15, 0.2) is 24.3 Å². The summed E-state index contributed by atoms with van der Waals surface area (Å²) in [6, 6.07) is 8.91. The van der Waals surface area contributed by atoms with Crippen molar-refractivity contribution in [3.05, 3.63) is 33.4 Å². The maximum atomic E-state index is 2.26. The number of halogens is 1. The van der Waals surface area contributed by atoms with Gasteiger partial charge in [-0.15, -0.1) is 0 Å². The SMILES string of the molecule is CC[I-]c1ccc(C)cc1. The van der Waals surface area contributed by atoms with Gasteiger partial charge in [0.2, 0.25) is 0 Å². The second kappa shape index (κ2) is 3.96. The Kier molecular flexibility index (Phi) is 3.19. The van der Waals surface area contributed by atoms with Crippen molar-refractivity contribution in [1.29, 1.82) is 0 Å². The Bertz CT molecular complexity index is 188. The van der Waals surface area contributed by atoms with Gasteiger partial charge in [0, 0.05) is 0 Å². The average Bonchev–Trinajstić information content (AvgIpc) is 1.95. The van der Waals surface area contributed by atoms with Gasteiger partial charge in [-0.25, -0.2) is 0 Å². The maximum absolute atomic E-state index is 2.26. The fourth-order valence-corrected chi connectivity index (χ4v) is 2.53. The molecule has 0 atom stereocenters. The van der Waals surface area contributed by atoms with Crippen molar-refractivity contribution in [1.82, 2.24) is 0 Å². The van der Waals surface area contributed by atoms with E-state index in [1.165, 1.54) is 9.99 Å². The first-order valence-electron chi connectivity index (χ1n) is 3.48. The van der Waals surface area contributed by atoms with Gasteiger partial charge < -0.3 is 0 Å². The molecule has 0 heterocycles. The molecule has 1 aromatic rings. The zero-order chi connectivity index (χ0) is 7.40. The third-order valence-electron chi connectivity index (χ3n) is 1.30. The third-order valence-corrected chi connectivity index (χ3v) is 3.66. The summed E-state index contributed by atoms with van der Waals surface area (Å²) in [5.74, 6) is 0. The van der Waals surface area contributed by atoms with Crippen LogP contribution in [0.3, 0.4) is 0 Å². The molecule has 1 heteroatoms. The van der Waals surface area contributed by atoms with Crippen LogP contribution in [-0.2, 0) is 0 Å². The molecule has 0 aliphatic rings. The molecule has 0 aromatic heterocycles. The normalized spacial score (nSPS) is 10.2. The summed E-state index contributed by atoms with van der Waals surface area (Å²) >= 11 is 0.317. The first-order valence-corrected chi connectivity index (χ1v) is 6.09. The van der Waals surface area contributed by atoms with Crippen molar-refractivity contribution in [3.63, 3.8) is 0 Å². The van der Waals surface area contributed by atoms with Crippen LogP contribution < -0.4 is 21.2 Å². The standard InChI is InChI=1S/C9H12I/c1-3-10-9-6-4-8(2)5-7-9/h4-7H,3H2,1-2H3/q-1. The molecule has 1 aromatic carbocycles. The van der Waals surface area contributed by atoms with E-state index >= 15 is 0 Å². The average molecular weight is 247 g/mol. The summed E-state index contributed by atoms with van der Waals surface area (Å²) in [4.78, 5) is 0. The molecule has 0 unspecified atom stereocenters. The summed E-state index contributed by atoms with van der Waals surface area (Å²) in [6.07, 6.45) is 0. The molecule has 0 fully saturated rings. The Balaban J connectivity index is 2.69. The van der Waals surface area contributed by atoms with E-state index in [4.69, 9.17) is 0 Å². The van der Waals surface area contributed by atoms with Gasteiger partial charge >= 0.3 is 72.9 Å². The van der Waals surface area contributed by atoms with Gasteiger partial charge in [-0.3, -0.25) is 0 Å². The minimum atomic E-state index is 0.317. The molecule has 56 valence electrons. The van der Waals surface area contributed by atoms with E-state index in [1.807, 2.05) is 0 Å². The number of benzene rings is 1. The van der Waals surface area contributed by atoms with Gasteiger partial charge in [-0.2, -0.15) is 0 Å². The number of hydrogen-bond donors (Lipinski definition) is 0.